The summed E-state index contributed by atoms with van der Waals surface area (Å²) in [6.45, 7) is 1.99. The minimum Gasteiger partial charge on any atom is -0.477 e. The van der Waals surface area contributed by atoms with Gasteiger partial charge in [-0.25, -0.2) is 14.8 Å². The molecule has 0 radical (unpaired) electrons. The van der Waals surface area contributed by atoms with Crippen molar-refractivity contribution in [2.75, 3.05) is 11.1 Å². The molecule has 10 heteroatoms. The Morgan fingerprint density at radius 3 is 2.68 bits per heavy atom. The normalized spacial score (nSPS) is 10.9. The number of aromatic amines is 1. The Labute approximate surface area is 184 Å². The first kappa shape index (κ1) is 20.8. The number of amides is 1. The van der Waals surface area contributed by atoms with Crippen LogP contribution in [0.15, 0.2) is 58.5 Å². The summed E-state index contributed by atoms with van der Waals surface area (Å²) in [6.07, 6.45) is 0. The van der Waals surface area contributed by atoms with Gasteiger partial charge < -0.3 is 15.4 Å². The molecule has 2 aromatic carbocycles. The second-order valence-electron chi connectivity index (χ2n) is 6.59. The van der Waals surface area contributed by atoms with Gasteiger partial charge >= 0.3 is 5.97 Å². The zero-order chi connectivity index (χ0) is 22.0. The second kappa shape index (κ2) is 8.70. The smallest absolute Gasteiger partial charge is 0.343 e. The van der Waals surface area contributed by atoms with Crippen molar-refractivity contribution in [3.8, 4) is 11.3 Å². The van der Waals surface area contributed by atoms with E-state index in [4.69, 9.17) is 0 Å². The number of hydrogen-bond donors (Lipinski definition) is 3. The molecule has 0 spiro atoms. The molecule has 0 aliphatic rings. The van der Waals surface area contributed by atoms with Gasteiger partial charge in [0.1, 0.15) is 0 Å². The van der Waals surface area contributed by atoms with Gasteiger partial charge in [0.25, 0.3) is 5.56 Å². The number of carboxylic acid groups (broad SMARTS) is 1. The lowest BCUT2D eigenvalue weighted by Crippen LogP contribution is -2.22. The summed E-state index contributed by atoms with van der Waals surface area (Å²) in [5.74, 6) is -1.71. The fraction of sp³-hybridized carbons (Fsp3) is 0.0952. The summed E-state index contributed by atoms with van der Waals surface area (Å²) in [7, 11) is 0. The topological polar surface area (TPSA) is 125 Å². The number of thiazole rings is 1. The molecule has 1 amide bonds. The van der Waals surface area contributed by atoms with Crippen molar-refractivity contribution in [1.82, 2.24) is 15.0 Å². The first-order valence-electron chi connectivity index (χ1n) is 9.13. The molecule has 4 aromatic rings. The van der Waals surface area contributed by atoms with Crippen LogP contribution in [0.1, 0.15) is 15.9 Å². The van der Waals surface area contributed by atoms with Crippen LogP contribution in [0.25, 0.3) is 21.5 Å². The molecule has 156 valence electrons. The minimum atomic E-state index is -1.37. The quantitative estimate of drug-likeness (QED) is 0.300. The van der Waals surface area contributed by atoms with E-state index < -0.39 is 17.1 Å². The number of carbonyl (C=O) groups is 2. The summed E-state index contributed by atoms with van der Waals surface area (Å²) in [5.41, 5.74) is 1.26. The molecule has 4 rings (SSSR count). The highest BCUT2D eigenvalue weighted by Crippen LogP contribution is 2.27. The number of anilines is 1. The maximum absolute atomic E-state index is 12.4. The average molecular weight is 453 g/mol. The molecular formula is C21H16N4O4S2. The van der Waals surface area contributed by atoms with Crippen molar-refractivity contribution in [2.24, 2.45) is 0 Å². The number of H-pyrrole nitrogens is 1. The summed E-state index contributed by atoms with van der Waals surface area (Å²) in [4.78, 5) is 47.4. The first-order chi connectivity index (χ1) is 14.9. The van der Waals surface area contributed by atoms with Gasteiger partial charge in [0, 0.05) is 5.56 Å². The number of fused-ring (bicyclic) bond motifs is 1. The molecule has 0 aliphatic heterocycles. The number of rotatable bonds is 6. The molecule has 2 aromatic heterocycles. The van der Waals surface area contributed by atoms with E-state index in [2.05, 4.69) is 20.3 Å². The SMILES string of the molecule is Cc1ccc2nc(NC(=O)CSc3nc(-c4ccccc4)c(C(=O)O)c(=O)[nH]3)sc2c1. The number of carboxylic acids is 1. The first-order valence-corrected chi connectivity index (χ1v) is 10.9. The number of nitrogens with one attached hydrogen (secondary N) is 2. The summed E-state index contributed by atoms with van der Waals surface area (Å²) < 4.78 is 0.978. The third kappa shape index (κ3) is 4.65. The van der Waals surface area contributed by atoms with E-state index >= 15 is 0 Å². The van der Waals surface area contributed by atoms with E-state index in [1.54, 1.807) is 30.3 Å². The summed E-state index contributed by atoms with van der Waals surface area (Å²) in [6, 6.07) is 14.4. The van der Waals surface area contributed by atoms with Crippen LogP contribution >= 0.6 is 23.1 Å². The van der Waals surface area contributed by atoms with Gasteiger partial charge in [0.05, 0.1) is 21.7 Å². The van der Waals surface area contributed by atoms with Gasteiger partial charge in [-0.05, 0) is 24.6 Å². The number of thioether (sulfide) groups is 1. The van der Waals surface area contributed by atoms with E-state index in [1.807, 2.05) is 25.1 Å². The predicted molar refractivity (Wildman–Crippen MR) is 121 cm³/mol. The van der Waals surface area contributed by atoms with E-state index in [1.165, 1.54) is 11.3 Å². The van der Waals surface area contributed by atoms with Crippen molar-refractivity contribution in [1.29, 1.82) is 0 Å². The molecule has 31 heavy (non-hydrogen) atoms. The Morgan fingerprint density at radius 1 is 1.16 bits per heavy atom. The van der Waals surface area contributed by atoms with Crippen LogP contribution in [0.4, 0.5) is 5.13 Å². The number of aromatic nitrogens is 3. The Hall–Kier alpha value is -3.50. The molecule has 2 heterocycles. The van der Waals surface area contributed by atoms with Crippen molar-refractivity contribution < 1.29 is 14.7 Å². The Balaban J connectivity index is 1.52. The molecule has 0 unspecified atom stereocenters. The largest absolute Gasteiger partial charge is 0.477 e. The van der Waals surface area contributed by atoms with Crippen LogP contribution in [-0.2, 0) is 4.79 Å². The van der Waals surface area contributed by atoms with E-state index in [-0.39, 0.29) is 22.5 Å². The van der Waals surface area contributed by atoms with Crippen LogP contribution in [-0.4, -0.2) is 37.7 Å². The zero-order valence-electron chi connectivity index (χ0n) is 16.2. The van der Waals surface area contributed by atoms with Crippen LogP contribution < -0.4 is 10.9 Å². The standard InChI is InChI=1S/C21H16N4O4S2/c1-11-7-8-13-14(9-11)31-21(22-13)23-15(26)10-30-20-24-17(12-5-3-2-4-6-12)16(19(28)29)18(27)25-20/h2-9H,10H2,1H3,(H,28,29)(H,22,23,26)(H,24,25,27). The lowest BCUT2D eigenvalue weighted by atomic mass is 10.1. The van der Waals surface area contributed by atoms with Crippen molar-refractivity contribution in [3.63, 3.8) is 0 Å². The van der Waals surface area contributed by atoms with Crippen molar-refractivity contribution >= 4 is 50.3 Å². The lowest BCUT2D eigenvalue weighted by molar-refractivity contribution is -0.113. The molecule has 0 fully saturated rings. The van der Waals surface area contributed by atoms with Crippen LogP contribution in [0.3, 0.4) is 0 Å². The molecule has 0 bridgehead atoms. The van der Waals surface area contributed by atoms with Gasteiger partial charge in [-0.1, -0.05) is 59.5 Å². The third-order valence-electron chi connectivity index (χ3n) is 4.29. The van der Waals surface area contributed by atoms with Gasteiger partial charge in [-0.15, -0.1) is 0 Å². The fourth-order valence-electron chi connectivity index (χ4n) is 2.90. The van der Waals surface area contributed by atoms with Gasteiger partial charge in [-0.3, -0.25) is 9.59 Å². The summed E-state index contributed by atoms with van der Waals surface area (Å²) >= 11 is 2.38. The third-order valence-corrected chi connectivity index (χ3v) is 6.10. The number of benzene rings is 2. The van der Waals surface area contributed by atoms with Crippen LogP contribution in [0.5, 0.6) is 0 Å². The molecule has 8 nitrogen and oxygen atoms in total. The van der Waals surface area contributed by atoms with E-state index in [0.29, 0.717) is 10.7 Å². The summed E-state index contributed by atoms with van der Waals surface area (Å²) in [5, 5.41) is 12.8. The number of aromatic carboxylic acids is 1. The van der Waals surface area contributed by atoms with Crippen molar-refractivity contribution in [3.05, 3.63) is 70.0 Å². The Morgan fingerprint density at radius 2 is 1.94 bits per heavy atom. The molecule has 0 aliphatic carbocycles. The number of aryl methyl sites for hydroxylation is 1. The highest BCUT2D eigenvalue weighted by atomic mass is 32.2. The number of carbonyl (C=O) groups excluding carboxylic acids is 1. The van der Waals surface area contributed by atoms with E-state index in [0.717, 1.165) is 27.5 Å². The van der Waals surface area contributed by atoms with Crippen molar-refractivity contribution in [2.45, 2.75) is 12.1 Å². The molecular weight excluding hydrogens is 436 g/mol. The Bertz CT molecular complexity index is 1350. The number of nitrogens with zero attached hydrogens (tertiary/aromatic N) is 2. The highest BCUT2D eigenvalue weighted by Gasteiger charge is 2.20. The zero-order valence-corrected chi connectivity index (χ0v) is 17.8. The average Bonchev–Trinajstić information content (AvgIpc) is 3.13. The molecule has 0 saturated heterocycles. The predicted octanol–water partition coefficient (Wildman–Crippen LogP) is 3.78. The van der Waals surface area contributed by atoms with E-state index in [9.17, 15) is 19.5 Å². The Kier molecular flexibility index (Phi) is 5.83. The number of hydrogen-bond acceptors (Lipinski definition) is 7. The maximum Gasteiger partial charge on any atom is 0.343 e. The maximum atomic E-state index is 12.4. The lowest BCUT2D eigenvalue weighted by Gasteiger charge is -2.07. The van der Waals surface area contributed by atoms with Gasteiger partial charge in [0.2, 0.25) is 5.91 Å². The van der Waals surface area contributed by atoms with Crippen LogP contribution in [0, 0.1) is 6.92 Å². The highest BCUT2D eigenvalue weighted by molar-refractivity contribution is 7.99. The molecule has 0 saturated carbocycles. The fourth-order valence-corrected chi connectivity index (χ4v) is 4.54. The van der Waals surface area contributed by atoms with Gasteiger partial charge in [0.15, 0.2) is 15.9 Å². The molecule has 0 atom stereocenters. The second-order valence-corrected chi connectivity index (χ2v) is 8.59. The van der Waals surface area contributed by atoms with Gasteiger partial charge in [-0.2, -0.15) is 0 Å². The monoisotopic (exact) mass is 452 g/mol. The molecule has 3 N–H and O–H groups in total. The van der Waals surface area contributed by atoms with Crippen LogP contribution in [0.2, 0.25) is 0 Å². The minimum absolute atomic E-state index is 0.0292.